The van der Waals surface area contributed by atoms with Gasteiger partial charge in [0.1, 0.15) is 0 Å². The van der Waals surface area contributed by atoms with E-state index in [1.807, 2.05) is 48.5 Å². The van der Waals surface area contributed by atoms with E-state index in [-0.39, 0.29) is 11.8 Å². The maximum absolute atomic E-state index is 12.5. The normalized spacial score (nSPS) is 13.9. The maximum Gasteiger partial charge on any atom is 0.229 e. The number of benzene rings is 2. The molecule has 0 N–H and O–H groups in total. The van der Waals surface area contributed by atoms with Gasteiger partial charge in [0.05, 0.1) is 0 Å². The minimum Gasteiger partial charge on any atom is -0.287 e. The molecule has 0 radical (unpaired) electrons. The molecule has 0 bridgehead atoms. The number of carbonyl (C=O) groups excluding carboxylic acids is 2. The van der Waals surface area contributed by atoms with Gasteiger partial charge in [-0.1, -0.05) is 60.7 Å². The molecule has 0 spiro atoms. The molecule has 2 aromatic rings. The molecule has 0 aliphatic carbocycles. The zero-order chi connectivity index (χ0) is 19.1. The van der Waals surface area contributed by atoms with E-state index in [0.29, 0.717) is 37.5 Å². The summed E-state index contributed by atoms with van der Waals surface area (Å²) in [5.41, 5.74) is 2.36. The van der Waals surface area contributed by atoms with E-state index in [1.165, 1.54) is 5.56 Å². The van der Waals surface area contributed by atoms with E-state index in [4.69, 9.17) is 12.2 Å². The summed E-state index contributed by atoms with van der Waals surface area (Å²) in [6.07, 6.45) is 3.18. The van der Waals surface area contributed by atoms with Crippen LogP contribution in [-0.2, 0) is 22.4 Å². The molecule has 5 heteroatoms. The highest BCUT2D eigenvalue weighted by molar-refractivity contribution is 7.80. The third kappa shape index (κ3) is 5.23. The van der Waals surface area contributed by atoms with Crippen molar-refractivity contribution in [2.45, 2.75) is 32.1 Å². The van der Waals surface area contributed by atoms with Crippen molar-refractivity contribution in [1.29, 1.82) is 0 Å². The van der Waals surface area contributed by atoms with Crippen LogP contribution in [0, 0.1) is 0 Å². The Morgan fingerprint density at radius 2 is 1.22 bits per heavy atom. The van der Waals surface area contributed by atoms with Crippen LogP contribution in [0.3, 0.4) is 0 Å². The Balaban J connectivity index is 1.45. The molecular formula is C22H24N2O2S. The second-order valence-corrected chi connectivity index (χ2v) is 7.06. The summed E-state index contributed by atoms with van der Waals surface area (Å²) in [6.45, 7) is 0.997. The highest BCUT2D eigenvalue weighted by Crippen LogP contribution is 2.15. The monoisotopic (exact) mass is 380 g/mol. The van der Waals surface area contributed by atoms with Crippen molar-refractivity contribution in [3.8, 4) is 0 Å². The number of hydrogen-bond donors (Lipinski definition) is 0. The van der Waals surface area contributed by atoms with E-state index in [1.54, 1.807) is 9.80 Å². The van der Waals surface area contributed by atoms with Crippen LogP contribution in [0.4, 0.5) is 0 Å². The number of aryl methyl sites for hydroxylation is 2. The first-order valence-electron chi connectivity index (χ1n) is 9.37. The lowest BCUT2D eigenvalue weighted by molar-refractivity contribution is -0.127. The first kappa shape index (κ1) is 19.2. The summed E-state index contributed by atoms with van der Waals surface area (Å²) in [4.78, 5) is 28.2. The topological polar surface area (TPSA) is 40.6 Å². The molecule has 0 atom stereocenters. The molecule has 0 saturated carbocycles. The van der Waals surface area contributed by atoms with Crippen molar-refractivity contribution in [2.24, 2.45) is 0 Å². The Kier molecular flexibility index (Phi) is 6.71. The largest absolute Gasteiger partial charge is 0.287 e. The fourth-order valence-electron chi connectivity index (χ4n) is 3.25. The summed E-state index contributed by atoms with van der Waals surface area (Å²) >= 11 is 5.40. The van der Waals surface area contributed by atoms with Gasteiger partial charge >= 0.3 is 0 Å². The second kappa shape index (κ2) is 9.42. The van der Waals surface area contributed by atoms with Crippen molar-refractivity contribution in [1.82, 2.24) is 9.80 Å². The molecule has 0 unspecified atom stereocenters. The SMILES string of the molecule is O=C(CCCc1ccccc1)N1CCN(C(=O)CCc2ccccc2)C1=S. The van der Waals surface area contributed by atoms with Crippen molar-refractivity contribution in [2.75, 3.05) is 13.1 Å². The summed E-state index contributed by atoms with van der Waals surface area (Å²) < 4.78 is 0. The van der Waals surface area contributed by atoms with E-state index >= 15 is 0 Å². The minimum absolute atomic E-state index is 0.00860. The Hall–Kier alpha value is -2.53. The quantitative estimate of drug-likeness (QED) is 0.689. The lowest BCUT2D eigenvalue weighted by Crippen LogP contribution is -2.38. The van der Waals surface area contributed by atoms with Gasteiger partial charge in [0.15, 0.2) is 5.11 Å². The molecule has 1 aliphatic heterocycles. The molecule has 2 aromatic carbocycles. The van der Waals surface area contributed by atoms with E-state index in [0.717, 1.165) is 18.4 Å². The van der Waals surface area contributed by atoms with E-state index < -0.39 is 0 Å². The molecule has 1 fully saturated rings. The van der Waals surface area contributed by atoms with Crippen LogP contribution in [0.15, 0.2) is 60.7 Å². The van der Waals surface area contributed by atoms with Gasteiger partial charge in [0, 0.05) is 25.9 Å². The average Bonchev–Trinajstić information content (AvgIpc) is 3.09. The molecule has 3 rings (SSSR count). The second-order valence-electron chi connectivity index (χ2n) is 6.70. The zero-order valence-electron chi connectivity index (χ0n) is 15.3. The number of nitrogens with zero attached hydrogens (tertiary/aromatic N) is 2. The summed E-state index contributed by atoms with van der Waals surface area (Å²) in [6, 6.07) is 20.1. The standard InChI is InChI=1S/C22H24N2O2S/c25-20(13-7-12-18-8-3-1-4-9-18)23-16-17-24(22(23)27)21(26)15-14-19-10-5-2-6-11-19/h1-6,8-11H,7,12-17H2. The van der Waals surface area contributed by atoms with Crippen LogP contribution in [0.2, 0.25) is 0 Å². The minimum atomic E-state index is -0.0107. The lowest BCUT2D eigenvalue weighted by atomic mass is 10.1. The van der Waals surface area contributed by atoms with Gasteiger partial charge in [-0.05, 0) is 42.6 Å². The fourth-order valence-corrected chi connectivity index (χ4v) is 3.64. The molecule has 2 amide bonds. The van der Waals surface area contributed by atoms with Crippen LogP contribution in [0.1, 0.15) is 30.4 Å². The molecule has 27 heavy (non-hydrogen) atoms. The van der Waals surface area contributed by atoms with Crippen molar-refractivity contribution < 1.29 is 9.59 Å². The van der Waals surface area contributed by atoms with Crippen LogP contribution in [-0.4, -0.2) is 39.8 Å². The zero-order valence-corrected chi connectivity index (χ0v) is 16.2. The number of amides is 2. The third-order valence-corrected chi connectivity index (χ3v) is 5.22. The van der Waals surface area contributed by atoms with Gasteiger partial charge in [-0.15, -0.1) is 0 Å². The first-order chi connectivity index (χ1) is 13.1. The van der Waals surface area contributed by atoms with Gasteiger partial charge in [0.25, 0.3) is 0 Å². The molecule has 1 heterocycles. The molecule has 1 saturated heterocycles. The predicted octanol–water partition coefficient (Wildman–Crippen LogP) is 3.60. The number of thiocarbonyl (C=S) groups is 1. The highest BCUT2D eigenvalue weighted by atomic mass is 32.1. The molecule has 4 nitrogen and oxygen atoms in total. The Morgan fingerprint density at radius 3 is 1.78 bits per heavy atom. The van der Waals surface area contributed by atoms with Gasteiger partial charge in [-0.25, -0.2) is 0 Å². The summed E-state index contributed by atoms with van der Waals surface area (Å²) in [5.74, 6) is -0.00210. The van der Waals surface area contributed by atoms with Crippen LogP contribution < -0.4 is 0 Å². The fraction of sp³-hybridized carbons (Fsp3) is 0.318. The van der Waals surface area contributed by atoms with E-state index in [2.05, 4.69) is 12.1 Å². The van der Waals surface area contributed by atoms with E-state index in [9.17, 15) is 9.59 Å². The van der Waals surface area contributed by atoms with Crippen LogP contribution in [0.5, 0.6) is 0 Å². The van der Waals surface area contributed by atoms with Crippen LogP contribution >= 0.6 is 12.2 Å². The molecule has 140 valence electrons. The van der Waals surface area contributed by atoms with Gasteiger partial charge in [-0.3, -0.25) is 19.4 Å². The lowest BCUT2D eigenvalue weighted by Gasteiger charge is -2.19. The van der Waals surface area contributed by atoms with Gasteiger partial charge in [-0.2, -0.15) is 0 Å². The average molecular weight is 381 g/mol. The number of rotatable bonds is 7. The van der Waals surface area contributed by atoms with Crippen molar-refractivity contribution >= 4 is 29.1 Å². The van der Waals surface area contributed by atoms with Gasteiger partial charge < -0.3 is 0 Å². The Bertz CT molecular complexity index is 792. The maximum atomic E-state index is 12.5. The smallest absolute Gasteiger partial charge is 0.229 e. The van der Waals surface area contributed by atoms with Gasteiger partial charge in [0.2, 0.25) is 11.8 Å². The number of carbonyl (C=O) groups is 2. The number of hydrogen-bond acceptors (Lipinski definition) is 3. The summed E-state index contributed by atoms with van der Waals surface area (Å²) in [7, 11) is 0. The highest BCUT2D eigenvalue weighted by Gasteiger charge is 2.32. The predicted molar refractivity (Wildman–Crippen MR) is 110 cm³/mol. The van der Waals surface area contributed by atoms with Crippen LogP contribution in [0.25, 0.3) is 0 Å². The summed E-state index contributed by atoms with van der Waals surface area (Å²) in [5, 5.41) is 0.359. The van der Waals surface area contributed by atoms with Crippen molar-refractivity contribution in [3.63, 3.8) is 0 Å². The Morgan fingerprint density at radius 1 is 0.741 bits per heavy atom. The molecule has 0 aromatic heterocycles. The molecule has 1 aliphatic rings. The third-order valence-electron chi connectivity index (χ3n) is 4.78. The molecular weight excluding hydrogens is 356 g/mol. The Labute approximate surface area is 165 Å². The first-order valence-corrected chi connectivity index (χ1v) is 9.78. The van der Waals surface area contributed by atoms with Crippen molar-refractivity contribution in [3.05, 3.63) is 71.8 Å².